The van der Waals surface area contributed by atoms with E-state index in [9.17, 15) is 4.79 Å². The molecule has 0 amide bonds. The molecule has 172 valence electrons. The molecule has 2 heterocycles. The average Bonchev–Trinajstić information content (AvgIpc) is 3.38. The summed E-state index contributed by atoms with van der Waals surface area (Å²) in [6, 6.07) is 32.1. The Kier molecular flexibility index (Phi) is 6.74. The number of rotatable bonds is 7. The van der Waals surface area contributed by atoms with Crippen molar-refractivity contribution in [3.05, 3.63) is 124 Å². The molecule has 34 heavy (non-hydrogen) atoms. The first-order chi connectivity index (χ1) is 16.8. The van der Waals surface area contributed by atoms with Crippen LogP contribution >= 0.6 is 11.3 Å². The maximum atomic E-state index is 13.5. The smallest absolute Gasteiger partial charge is 0.312 e. The van der Waals surface area contributed by atoms with E-state index in [0.29, 0.717) is 0 Å². The SMILES string of the molecule is O=C(Cc1cc(N2CCOCC2)cs1)OC(c1ccccc1)(c1ccccc1)c1ccccc1. The lowest BCUT2D eigenvalue weighted by Gasteiger charge is -2.35. The van der Waals surface area contributed by atoms with E-state index in [1.54, 1.807) is 11.3 Å². The van der Waals surface area contributed by atoms with Gasteiger partial charge in [-0.25, -0.2) is 0 Å². The highest BCUT2D eigenvalue weighted by Gasteiger charge is 2.40. The number of esters is 1. The largest absolute Gasteiger partial charge is 0.444 e. The minimum atomic E-state index is -1.04. The van der Waals surface area contributed by atoms with Gasteiger partial charge in [-0.05, 0) is 6.07 Å². The summed E-state index contributed by atoms with van der Waals surface area (Å²) in [6.07, 6.45) is 0.225. The van der Waals surface area contributed by atoms with Crippen LogP contribution in [0.1, 0.15) is 21.6 Å². The number of nitrogens with zero attached hydrogens (tertiary/aromatic N) is 1. The summed E-state index contributed by atoms with van der Waals surface area (Å²) in [6.45, 7) is 3.22. The summed E-state index contributed by atoms with van der Waals surface area (Å²) in [7, 11) is 0. The van der Waals surface area contributed by atoms with Gasteiger partial charge >= 0.3 is 5.97 Å². The number of anilines is 1. The van der Waals surface area contributed by atoms with Crippen molar-refractivity contribution >= 4 is 23.0 Å². The van der Waals surface area contributed by atoms with Crippen molar-refractivity contribution in [3.8, 4) is 0 Å². The predicted octanol–water partition coefficient (Wildman–Crippen LogP) is 5.66. The Bertz CT molecular complexity index is 1110. The Hall–Kier alpha value is -3.41. The number of morpholine rings is 1. The zero-order valence-electron chi connectivity index (χ0n) is 18.9. The molecule has 4 nitrogen and oxygen atoms in total. The van der Waals surface area contributed by atoms with Crippen LogP contribution in [0.5, 0.6) is 0 Å². The lowest BCUT2D eigenvalue weighted by molar-refractivity contribution is -0.152. The summed E-state index contributed by atoms with van der Waals surface area (Å²) in [5, 5.41) is 2.12. The molecule has 4 aromatic rings. The molecule has 1 saturated heterocycles. The fourth-order valence-electron chi connectivity index (χ4n) is 4.49. The minimum Gasteiger partial charge on any atom is -0.444 e. The zero-order valence-corrected chi connectivity index (χ0v) is 19.7. The van der Waals surface area contributed by atoms with Crippen molar-refractivity contribution in [2.45, 2.75) is 12.0 Å². The van der Waals surface area contributed by atoms with Crippen LogP contribution in [0, 0.1) is 0 Å². The van der Waals surface area contributed by atoms with Gasteiger partial charge in [0.1, 0.15) is 0 Å². The summed E-state index contributed by atoms with van der Waals surface area (Å²) < 4.78 is 12.0. The molecular weight excluding hydrogens is 442 g/mol. The van der Waals surface area contributed by atoms with Gasteiger partial charge in [0.15, 0.2) is 5.60 Å². The fourth-order valence-corrected chi connectivity index (χ4v) is 5.37. The number of ether oxygens (including phenoxy) is 2. The van der Waals surface area contributed by atoms with Crippen LogP contribution in [0.2, 0.25) is 0 Å². The topological polar surface area (TPSA) is 38.8 Å². The lowest BCUT2D eigenvalue weighted by atomic mass is 9.80. The Balaban J connectivity index is 1.49. The molecule has 0 N–H and O–H groups in total. The van der Waals surface area contributed by atoms with Crippen molar-refractivity contribution in [2.24, 2.45) is 0 Å². The van der Waals surface area contributed by atoms with E-state index in [-0.39, 0.29) is 12.4 Å². The number of hydrogen-bond donors (Lipinski definition) is 0. The molecule has 0 bridgehead atoms. The van der Waals surface area contributed by atoms with Crippen molar-refractivity contribution in [1.29, 1.82) is 0 Å². The van der Waals surface area contributed by atoms with Crippen molar-refractivity contribution < 1.29 is 14.3 Å². The van der Waals surface area contributed by atoms with Crippen molar-refractivity contribution in [1.82, 2.24) is 0 Å². The molecule has 0 aliphatic carbocycles. The predicted molar refractivity (Wildman–Crippen MR) is 136 cm³/mol. The summed E-state index contributed by atoms with van der Waals surface area (Å²) in [5.74, 6) is -0.257. The Morgan fingerprint density at radius 3 is 1.82 bits per heavy atom. The highest BCUT2D eigenvalue weighted by Crippen LogP contribution is 2.41. The molecule has 3 aromatic carbocycles. The molecule has 0 saturated carbocycles. The summed E-state index contributed by atoms with van der Waals surface area (Å²) in [5.41, 5.74) is 2.87. The van der Waals surface area contributed by atoms with Crippen LogP contribution in [0.25, 0.3) is 0 Å². The third-order valence-corrected chi connectivity index (χ3v) is 7.07. The van der Waals surface area contributed by atoms with Gasteiger partial charge < -0.3 is 14.4 Å². The van der Waals surface area contributed by atoms with Crippen molar-refractivity contribution in [3.63, 3.8) is 0 Å². The third kappa shape index (κ3) is 4.63. The molecule has 5 heteroatoms. The number of carbonyl (C=O) groups excluding carboxylic acids is 1. The van der Waals surface area contributed by atoms with Gasteiger partial charge in [-0.15, -0.1) is 11.3 Å². The van der Waals surface area contributed by atoms with Crippen LogP contribution in [-0.2, 0) is 26.3 Å². The molecular formula is C29H27NO3S. The monoisotopic (exact) mass is 469 g/mol. The normalized spacial score (nSPS) is 14.1. The van der Waals surface area contributed by atoms with E-state index in [2.05, 4.69) is 16.3 Å². The molecule has 1 aliphatic rings. The quantitative estimate of drug-likeness (QED) is 0.259. The average molecular weight is 470 g/mol. The first kappa shape index (κ1) is 22.4. The van der Waals surface area contributed by atoms with Gasteiger partial charge in [0, 0.05) is 45.7 Å². The maximum Gasteiger partial charge on any atom is 0.312 e. The highest BCUT2D eigenvalue weighted by atomic mass is 32.1. The van der Waals surface area contributed by atoms with Crippen molar-refractivity contribution in [2.75, 3.05) is 31.2 Å². The summed E-state index contributed by atoms with van der Waals surface area (Å²) >= 11 is 1.60. The molecule has 0 spiro atoms. The van der Waals surface area contributed by atoms with E-state index in [1.165, 1.54) is 0 Å². The third-order valence-electron chi connectivity index (χ3n) is 6.14. The first-order valence-electron chi connectivity index (χ1n) is 11.5. The molecule has 0 unspecified atom stereocenters. The molecule has 1 fully saturated rings. The number of benzene rings is 3. The highest BCUT2D eigenvalue weighted by molar-refractivity contribution is 7.10. The Labute approximate surface area is 204 Å². The lowest BCUT2D eigenvalue weighted by Crippen LogP contribution is -2.36. The summed E-state index contributed by atoms with van der Waals surface area (Å²) in [4.78, 5) is 16.8. The number of thiophene rings is 1. The van der Waals surface area contributed by atoms with E-state index < -0.39 is 5.60 Å². The van der Waals surface area contributed by atoms with Gasteiger partial charge in [0.2, 0.25) is 0 Å². The van der Waals surface area contributed by atoms with E-state index in [0.717, 1.165) is 53.6 Å². The van der Waals surface area contributed by atoms with Crippen LogP contribution < -0.4 is 4.90 Å². The van der Waals surface area contributed by atoms with Gasteiger partial charge in [-0.1, -0.05) is 91.0 Å². The number of hydrogen-bond acceptors (Lipinski definition) is 5. The minimum absolute atomic E-state index is 0.225. The van der Waals surface area contributed by atoms with Gasteiger partial charge in [-0.2, -0.15) is 0 Å². The molecule has 5 rings (SSSR count). The first-order valence-corrected chi connectivity index (χ1v) is 12.4. The second-order valence-corrected chi connectivity index (χ2v) is 9.30. The van der Waals surface area contributed by atoms with Crippen LogP contribution in [0.4, 0.5) is 5.69 Å². The van der Waals surface area contributed by atoms with E-state index in [4.69, 9.17) is 9.47 Å². The molecule has 0 radical (unpaired) electrons. The van der Waals surface area contributed by atoms with Gasteiger partial charge in [-0.3, -0.25) is 4.79 Å². The standard InChI is InChI=1S/C29H27NO3S/c31-28(21-27-20-26(22-34-27)30-16-18-32-19-17-30)33-29(23-10-4-1-5-11-23,24-12-6-2-7-13-24)25-14-8-3-9-15-25/h1-15,20,22H,16-19,21H2. The van der Waals surface area contributed by atoms with Crippen LogP contribution in [-0.4, -0.2) is 32.3 Å². The second kappa shape index (κ2) is 10.2. The zero-order chi connectivity index (χ0) is 23.2. The fraction of sp³-hybridized carbons (Fsp3) is 0.207. The Morgan fingerprint density at radius 2 is 1.32 bits per heavy atom. The van der Waals surface area contributed by atoms with Gasteiger partial charge in [0.25, 0.3) is 0 Å². The maximum absolute atomic E-state index is 13.5. The van der Waals surface area contributed by atoms with E-state index in [1.807, 2.05) is 91.0 Å². The Morgan fingerprint density at radius 1 is 0.824 bits per heavy atom. The number of carbonyl (C=O) groups is 1. The van der Waals surface area contributed by atoms with Crippen LogP contribution in [0.3, 0.4) is 0 Å². The molecule has 1 aliphatic heterocycles. The van der Waals surface area contributed by atoms with E-state index >= 15 is 0 Å². The second-order valence-electron chi connectivity index (χ2n) is 8.30. The molecule has 1 aromatic heterocycles. The van der Waals surface area contributed by atoms with Gasteiger partial charge in [0.05, 0.1) is 19.6 Å². The molecule has 0 atom stereocenters. The van der Waals surface area contributed by atoms with Crippen LogP contribution in [0.15, 0.2) is 102 Å².